The Labute approximate surface area is 127 Å². The molecule has 0 radical (unpaired) electrons. The van der Waals surface area contributed by atoms with Gasteiger partial charge in [-0.15, -0.1) is 0 Å². The van der Waals surface area contributed by atoms with E-state index in [1.807, 2.05) is 19.9 Å². The van der Waals surface area contributed by atoms with Crippen LogP contribution in [-0.4, -0.2) is 41.4 Å². The highest BCUT2D eigenvalue weighted by Gasteiger charge is 2.17. The Morgan fingerprint density at radius 2 is 2.00 bits per heavy atom. The van der Waals surface area contributed by atoms with E-state index in [4.69, 9.17) is 4.74 Å². The summed E-state index contributed by atoms with van der Waals surface area (Å²) in [6.45, 7) is 9.62. The Bertz CT molecular complexity index is 412. The number of hydrogen-bond acceptors (Lipinski definition) is 3. The lowest BCUT2D eigenvalue weighted by Crippen LogP contribution is -2.40. The minimum atomic E-state index is -0.532. The Kier molecular flexibility index (Phi) is 7.86. The lowest BCUT2D eigenvalue weighted by molar-refractivity contribution is -0.0149. The van der Waals surface area contributed by atoms with Crippen LogP contribution in [0.3, 0.4) is 0 Å². The molecule has 120 valence electrons. The highest BCUT2D eigenvalue weighted by Crippen LogP contribution is 2.13. The third kappa shape index (κ3) is 7.02. The van der Waals surface area contributed by atoms with Crippen LogP contribution >= 0.6 is 0 Å². The van der Waals surface area contributed by atoms with Crippen molar-refractivity contribution < 1.29 is 14.2 Å². The van der Waals surface area contributed by atoms with Crippen molar-refractivity contribution in [1.82, 2.24) is 4.90 Å². The highest BCUT2D eigenvalue weighted by molar-refractivity contribution is 5.16. The Hall–Kier alpha value is -0.970. The van der Waals surface area contributed by atoms with Crippen molar-refractivity contribution in [1.29, 1.82) is 0 Å². The second kappa shape index (κ2) is 9.13. The molecule has 1 aromatic rings. The van der Waals surface area contributed by atoms with Crippen LogP contribution in [0.5, 0.6) is 0 Å². The number of rotatable bonds is 9. The van der Waals surface area contributed by atoms with Crippen molar-refractivity contribution in [2.45, 2.75) is 58.9 Å². The minimum Gasteiger partial charge on any atom is -0.389 e. The van der Waals surface area contributed by atoms with E-state index in [1.165, 1.54) is 6.07 Å². The van der Waals surface area contributed by atoms with E-state index >= 15 is 0 Å². The molecule has 0 aliphatic heterocycles. The molecule has 0 saturated carbocycles. The van der Waals surface area contributed by atoms with Crippen LogP contribution in [0.2, 0.25) is 0 Å². The lowest BCUT2D eigenvalue weighted by Gasteiger charge is -2.30. The van der Waals surface area contributed by atoms with Gasteiger partial charge in [-0.2, -0.15) is 0 Å². The van der Waals surface area contributed by atoms with Crippen LogP contribution in [0, 0.1) is 5.82 Å². The molecule has 2 atom stereocenters. The molecule has 1 N–H and O–H groups in total. The minimum absolute atomic E-state index is 0.111. The van der Waals surface area contributed by atoms with E-state index < -0.39 is 6.10 Å². The van der Waals surface area contributed by atoms with Gasteiger partial charge in [0.05, 0.1) is 18.8 Å². The smallest absolute Gasteiger partial charge is 0.123 e. The monoisotopic (exact) mass is 297 g/mol. The first kappa shape index (κ1) is 18.1. The third-order valence-electron chi connectivity index (χ3n) is 3.56. The summed E-state index contributed by atoms with van der Waals surface area (Å²) in [5, 5.41) is 10.1. The zero-order valence-electron chi connectivity index (χ0n) is 13.6. The van der Waals surface area contributed by atoms with Gasteiger partial charge >= 0.3 is 0 Å². The molecule has 0 spiro atoms. The van der Waals surface area contributed by atoms with E-state index in [-0.39, 0.29) is 11.9 Å². The second-order valence-corrected chi connectivity index (χ2v) is 5.85. The third-order valence-corrected chi connectivity index (χ3v) is 3.56. The molecule has 0 aromatic heterocycles. The summed E-state index contributed by atoms with van der Waals surface area (Å²) >= 11 is 0. The van der Waals surface area contributed by atoms with Crippen LogP contribution in [0.1, 0.15) is 39.7 Å². The number of aliphatic hydroxyl groups excluding tert-OH is 1. The fourth-order valence-corrected chi connectivity index (χ4v) is 2.16. The molecular weight excluding hydrogens is 269 g/mol. The van der Waals surface area contributed by atoms with Crippen molar-refractivity contribution in [3.63, 3.8) is 0 Å². The molecule has 0 heterocycles. The van der Waals surface area contributed by atoms with Crippen molar-refractivity contribution in [2.75, 3.05) is 13.2 Å². The molecule has 3 nitrogen and oxygen atoms in total. The lowest BCUT2D eigenvalue weighted by atomic mass is 10.1. The standard InChI is InChI=1S/C17H28FNO2/c1-5-14(4)19(11-17(20)12-21-13(2)3)10-15-7-6-8-16(18)9-15/h6-9,13-14,17,20H,5,10-12H2,1-4H3/t14-,17-/m0/s1. The molecule has 0 amide bonds. The first-order valence-corrected chi connectivity index (χ1v) is 7.70. The molecule has 0 bridgehead atoms. The summed E-state index contributed by atoms with van der Waals surface area (Å²) in [5.74, 6) is -0.222. The molecule has 1 aromatic carbocycles. The van der Waals surface area contributed by atoms with Crippen molar-refractivity contribution in [3.8, 4) is 0 Å². The fraction of sp³-hybridized carbons (Fsp3) is 0.647. The van der Waals surface area contributed by atoms with Crippen molar-refractivity contribution in [2.24, 2.45) is 0 Å². The number of aliphatic hydroxyl groups is 1. The largest absolute Gasteiger partial charge is 0.389 e. The van der Waals surface area contributed by atoms with Gasteiger partial charge in [0.2, 0.25) is 0 Å². The van der Waals surface area contributed by atoms with Gasteiger partial charge in [0.1, 0.15) is 5.82 Å². The van der Waals surface area contributed by atoms with Gasteiger partial charge in [-0.25, -0.2) is 4.39 Å². The van der Waals surface area contributed by atoms with Gasteiger partial charge in [-0.05, 0) is 44.9 Å². The van der Waals surface area contributed by atoms with Crippen molar-refractivity contribution in [3.05, 3.63) is 35.6 Å². The first-order chi connectivity index (χ1) is 9.92. The summed E-state index contributed by atoms with van der Waals surface area (Å²) < 4.78 is 18.7. The molecular formula is C17H28FNO2. The van der Waals surface area contributed by atoms with Crippen molar-refractivity contribution >= 4 is 0 Å². The topological polar surface area (TPSA) is 32.7 Å². The molecule has 4 heteroatoms. The van der Waals surface area contributed by atoms with Gasteiger partial charge in [0, 0.05) is 19.1 Å². The summed E-state index contributed by atoms with van der Waals surface area (Å²) in [6, 6.07) is 6.95. The SMILES string of the molecule is CC[C@H](C)N(Cc1cccc(F)c1)C[C@H](O)COC(C)C. The Balaban J connectivity index is 2.63. The maximum atomic E-state index is 13.3. The predicted molar refractivity (Wildman–Crippen MR) is 83.7 cm³/mol. The predicted octanol–water partition coefficient (Wildman–Crippen LogP) is 3.21. The maximum Gasteiger partial charge on any atom is 0.123 e. The first-order valence-electron chi connectivity index (χ1n) is 7.70. The zero-order valence-corrected chi connectivity index (χ0v) is 13.6. The quantitative estimate of drug-likeness (QED) is 0.759. The number of benzene rings is 1. The summed E-state index contributed by atoms with van der Waals surface area (Å²) in [7, 11) is 0. The van der Waals surface area contributed by atoms with Gasteiger partial charge in [-0.3, -0.25) is 4.90 Å². The molecule has 0 aliphatic rings. The average Bonchev–Trinajstić information content (AvgIpc) is 2.43. The molecule has 1 rings (SSSR count). The van der Waals surface area contributed by atoms with E-state index in [1.54, 1.807) is 12.1 Å². The Morgan fingerprint density at radius 1 is 1.29 bits per heavy atom. The number of nitrogens with zero attached hydrogens (tertiary/aromatic N) is 1. The van der Waals surface area contributed by atoms with Crippen LogP contribution in [0.25, 0.3) is 0 Å². The molecule has 21 heavy (non-hydrogen) atoms. The summed E-state index contributed by atoms with van der Waals surface area (Å²) in [6.07, 6.45) is 0.558. The number of hydrogen-bond donors (Lipinski definition) is 1. The van der Waals surface area contributed by atoms with E-state index in [2.05, 4.69) is 18.7 Å². The van der Waals surface area contributed by atoms with E-state index in [9.17, 15) is 9.50 Å². The number of halogens is 1. The average molecular weight is 297 g/mol. The molecule has 0 saturated heterocycles. The Morgan fingerprint density at radius 3 is 2.57 bits per heavy atom. The summed E-state index contributed by atoms with van der Waals surface area (Å²) in [5.41, 5.74) is 0.923. The van der Waals surface area contributed by atoms with Crippen LogP contribution in [0.15, 0.2) is 24.3 Å². The molecule has 0 fully saturated rings. The zero-order chi connectivity index (χ0) is 15.8. The highest BCUT2D eigenvalue weighted by atomic mass is 19.1. The molecule has 0 unspecified atom stereocenters. The summed E-state index contributed by atoms with van der Waals surface area (Å²) in [4.78, 5) is 2.17. The second-order valence-electron chi connectivity index (χ2n) is 5.85. The fourth-order valence-electron chi connectivity index (χ4n) is 2.16. The van der Waals surface area contributed by atoms with Crippen LogP contribution < -0.4 is 0 Å². The van der Waals surface area contributed by atoms with Crippen LogP contribution in [-0.2, 0) is 11.3 Å². The van der Waals surface area contributed by atoms with Gasteiger partial charge in [0.25, 0.3) is 0 Å². The normalized spacial score (nSPS) is 14.7. The van der Waals surface area contributed by atoms with E-state index in [0.29, 0.717) is 25.7 Å². The number of ether oxygens (including phenoxy) is 1. The maximum absolute atomic E-state index is 13.3. The van der Waals surface area contributed by atoms with Gasteiger partial charge in [-0.1, -0.05) is 19.1 Å². The van der Waals surface area contributed by atoms with Gasteiger partial charge < -0.3 is 9.84 Å². The molecule has 0 aliphatic carbocycles. The van der Waals surface area contributed by atoms with E-state index in [0.717, 1.165) is 12.0 Å². The van der Waals surface area contributed by atoms with Gasteiger partial charge in [0.15, 0.2) is 0 Å². The van der Waals surface area contributed by atoms with Crippen LogP contribution in [0.4, 0.5) is 4.39 Å².